The molecule has 38 heavy (non-hydrogen) atoms. The van der Waals surface area contributed by atoms with Gasteiger partial charge < -0.3 is 30.2 Å². The molecule has 3 rings (SSSR count). The zero-order chi connectivity index (χ0) is 27.7. The number of amides is 3. The summed E-state index contributed by atoms with van der Waals surface area (Å²) in [5, 5.41) is 7.53. The number of nitrogens with one attached hydrogen (secondary N) is 4. The van der Waals surface area contributed by atoms with Gasteiger partial charge in [-0.15, -0.1) is 0 Å². The molecule has 0 radical (unpaired) electrons. The number of hydrogen-bond acceptors (Lipinski definition) is 6. The van der Waals surface area contributed by atoms with E-state index in [1.54, 1.807) is 18.3 Å². The van der Waals surface area contributed by atoms with Gasteiger partial charge >= 0.3 is 6.09 Å². The lowest BCUT2D eigenvalue weighted by molar-refractivity contribution is -0.118. The fourth-order valence-corrected chi connectivity index (χ4v) is 3.97. The van der Waals surface area contributed by atoms with Crippen LogP contribution in [-0.2, 0) is 27.3 Å². The molecule has 3 aromatic rings. The standard InChI is InChI=1S/C27H34N6O5/c1-17(2)15-18-9-7-11-19-24(18)32-22(29-19)16-33-14-8-12-21(26(33)36)30-25(35)20(31-27(37)38-4)10-5-6-13-23(34)28-3/h6-9,11-14,17,20H,5,10,15-16H2,1-4H3,(H,28,34)(H,29,32)(H,30,35)(H,31,37)/b13-6+. The summed E-state index contributed by atoms with van der Waals surface area (Å²) >= 11 is 0. The monoisotopic (exact) mass is 522 g/mol. The first-order valence-electron chi connectivity index (χ1n) is 12.4. The van der Waals surface area contributed by atoms with Gasteiger partial charge in [-0.1, -0.05) is 32.1 Å². The molecule has 1 unspecified atom stereocenters. The summed E-state index contributed by atoms with van der Waals surface area (Å²) in [6, 6.07) is 8.16. The number of allylic oxidation sites excluding steroid dienone is 1. The topological polar surface area (TPSA) is 147 Å². The minimum absolute atomic E-state index is 0.0617. The molecule has 3 amide bonds. The first-order chi connectivity index (χ1) is 18.2. The third-order valence-electron chi connectivity index (χ3n) is 5.80. The Bertz CT molecular complexity index is 1370. The zero-order valence-electron chi connectivity index (χ0n) is 22.0. The molecule has 0 aliphatic rings. The molecule has 11 nitrogen and oxygen atoms in total. The number of methoxy groups -OCH3 is 1. The quantitative estimate of drug-likeness (QED) is 0.285. The van der Waals surface area contributed by atoms with Crippen LogP contribution in [0.25, 0.3) is 11.0 Å². The van der Waals surface area contributed by atoms with Gasteiger partial charge in [0, 0.05) is 13.2 Å². The van der Waals surface area contributed by atoms with Crippen LogP contribution in [0, 0.1) is 5.92 Å². The number of rotatable bonds is 11. The Morgan fingerprint density at radius 2 is 1.97 bits per heavy atom. The average molecular weight is 523 g/mol. The number of anilines is 1. The van der Waals surface area contributed by atoms with Crippen LogP contribution in [0.3, 0.4) is 0 Å². The van der Waals surface area contributed by atoms with E-state index in [1.807, 2.05) is 12.1 Å². The summed E-state index contributed by atoms with van der Waals surface area (Å²) < 4.78 is 6.07. The van der Waals surface area contributed by atoms with Crippen LogP contribution in [0.1, 0.15) is 38.1 Å². The molecule has 0 aliphatic heterocycles. The van der Waals surface area contributed by atoms with Gasteiger partial charge in [0.1, 0.15) is 17.6 Å². The largest absolute Gasteiger partial charge is 0.453 e. The summed E-state index contributed by atoms with van der Waals surface area (Å²) in [5.41, 5.74) is 2.57. The van der Waals surface area contributed by atoms with Crippen molar-refractivity contribution in [1.29, 1.82) is 0 Å². The molecule has 202 valence electrons. The second-order valence-corrected chi connectivity index (χ2v) is 9.22. The number of ether oxygens (including phenoxy) is 1. The van der Waals surface area contributed by atoms with Crippen molar-refractivity contribution in [3.63, 3.8) is 0 Å². The van der Waals surface area contributed by atoms with E-state index in [2.05, 4.69) is 45.6 Å². The zero-order valence-corrected chi connectivity index (χ0v) is 22.0. The van der Waals surface area contributed by atoms with E-state index in [-0.39, 0.29) is 24.6 Å². The summed E-state index contributed by atoms with van der Waals surface area (Å²) in [4.78, 5) is 57.2. The molecular formula is C27H34N6O5. The normalized spacial score (nSPS) is 12.0. The van der Waals surface area contributed by atoms with E-state index in [0.29, 0.717) is 18.2 Å². The maximum atomic E-state index is 13.1. The first-order valence-corrected chi connectivity index (χ1v) is 12.4. The highest BCUT2D eigenvalue weighted by Gasteiger charge is 2.22. The molecule has 0 aliphatic carbocycles. The van der Waals surface area contributed by atoms with E-state index in [0.717, 1.165) is 23.0 Å². The van der Waals surface area contributed by atoms with E-state index >= 15 is 0 Å². The van der Waals surface area contributed by atoms with Crippen LogP contribution in [0.15, 0.2) is 53.5 Å². The summed E-state index contributed by atoms with van der Waals surface area (Å²) in [6.45, 7) is 4.49. The number of nitrogens with zero attached hydrogens (tertiary/aromatic N) is 2. The third kappa shape index (κ3) is 7.55. The Labute approximate surface area is 220 Å². The fourth-order valence-electron chi connectivity index (χ4n) is 3.97. The Morgan fingerprint density at radius 1 is 1.18 bits per heavy atom. The summed E-state index contributed by atoms with van der Waals surface area (Å²) in [5.74, 6) is 0.237. The lowest BCUT2D eigenvalue weighted by atomic mass is 10.0. The molecule has 0 spiro atoms. The summed E-state index contributed by atoms with van der Waals surface area (Å²) in [6.07, 6.45) is 5.18. The number of likely N-dealkylation sites (N-methyl/N-ethyl adjacent to an activating group) is 1. The van der Waals surface area contributed by atoms with Gasteiger partial charge in [-0.05, 0) is 55.0 Å². The number of benzene rings is 1. The van der Waals surface area contributed by atoms with Crippen LogP contribution < -0.4 is 21.5 Å². The van der Waals surface area contributed by atoms with Gasteiger partial charge in [-0.2, -0.15) is 0 Å². The molecule has 0 saturated heterocycles. The molecule has 0 saturated carbocycles. The van der Waals surface area contributed by atoms with Crippen LogP contribution in [-0.4, -0.2) is 52.6 Å². The number of alkyl carbamates (subject to hydrolysis) is 1. The number of fused-ring (bicyclic) bond motifs is 1. The number of hydrogen-bond donors (Lipinski definition) is 4. The molecule has 11 heteroatoms. The van der Waals surface area contributed by atoms with Crippen LogP contribution in [0.5, 0.6) is 0 Å². The lowest BCUT2D eigenvalue weighted by Crippen LogP contribution is -2.44. The van der Waals surface area contributed by atoms with Gasteiger partial charge in [-0.25, -0.2) is 9.78 Å². The number of carbonyl (C=O) groups excluding carboxylic acids is 3. The Kier molecular flexibility index (Phi) is 9.80. The van der Waals surface area contributed by atoms with Crippen LogP contribution in [0.4, 0.5) is 10.5 Å². The van der Waals surface area contributed by atoms with Crippen molar-refractivity contribution in [2.24, 2.45) is 5.92 Å². The molecular weight excluding hydrogens is 488 g/mol. The first kappa shape index (κ1) is 28.2. The predicted molar refractivity (Wildman–Crippen MR) is 145 cm³/mol. The summed E-state index contributed by atoms with van der Waals surface area (Å²) in [7, 11) is 2.70. The van der Waals surface area contributed by atoms with Crippen molar-refractivity contribution in [1.82, 2.24) is 25.2 Å². The highest BCUT2D eigenvalue weighted by molar-refractivity contribution is 5.96. The smallest absolute Gasteiger partial charge is 0.407 e. The highest BCUT2D eigenvalue weighted by atomic mass is 16.5. The van der Waals surface area contributed by atoms with E-state index < -0.39 is 23.6 Å². The SMILES string of the molecule is CNC(=O)/C=C/CCC(NC(=O)OC)C(=O)Nc1cccn(Cc2nc3c(CC(C)C)cccc3[nH]2)c1=O. The number of aromatic nitrogens is 3. The molecule has 4 N–H and O–H groups in total. The molecule has 1 atom stereocenters. The highest BCUT2D eigenvalue weighted by Crippen LogP contribution is 2.20. The average Bonchev–Trinajstić information content (AvgIpc) is 3.31. The Hall–Kier alpha value is -4.41. The maximum absolute atomic E-state index is 13.1. The second kappa shape index (κ2) is 13.2. The van der Waals surface area contributed by atoms with Gasteiger partial charge in [0.05, 0.1) is 24.7 Å². The van der Waals surface area contributed by atoms with Crippen LogP contribution >= 0.6 is 0 Å². The number of imidazole rings is 1. The molecule has 0 fully saturated rings. The third-order valence-corrected chi connectivity index (χ3v) is 5.80. The van der Waals surface area contributed by atoms with Crippen molar-refractivity contribution in [3.8, 4) is 0 Å². The number of aromatic amines is 1. The number of para-hydroxylation sites is 1. The van der Waals surface area contributed by atoms with Crippen LogP contribution in [0.2, 0.25) is 0 Å². The van der Waals surface area contributed by atoms with Gasteiger partial charge in [0.25, 0.3) is 5.56 Å². The molecule has 2 aromatic heterocycles. The number of carbonyl (C=O) groups is 3. The van der Waals surface area contributed by atoms with Crippen molar-refractivity contribution in [2.75, 3.05) is 19.5 Å². The van der Waals surface area contributed by atoms with E-state index in [9.17, 15) is 19.2 Å². The van der Waals surface area contributed by atoms with Crippen molar-refractivity contribution < 1.29 is 19.1 Å². The van der Waals surface area contributed by atoms with Gasteiger partial charge in [-0.3, -0.25) is 14.4 Å². The Morgan fingerprint density at radius 3 is 2.68 bits per heavy atom. The Balaban J connectivity index is 1.76. The number of pyridine rings is 1. The van der Waals surface area contributed by atoms with Crippen molar-refractivity contribution in [2.45, 2.75) is 45.7 Å². The fraction of sp³-hybridized carbons (Fsp3) is 0.370. The second-order valence-electron chi connectivity index (χ2n) is 9.22. The number of H-pyrrole nitrogens is 1. The van der Waals surface area contributed by atoms with Crippen molar-refractivity contribution >= 4 is 34.6 Å². The van der Waals surface area contributed by atoms with Crippen molar-refractivity contribution in [3.05, 3.63) is 70.4 Å². The van der Waals surface area contributed by atoms with E-state index in [4.69, 9.17) is 4.98 Å². The minimum Gasteiger partial charge on any atom is -0.453 e. The van der Waals surface area contributed by atoms with E-state index in [1.165, 1.54) is 30.9 Å². The molecule has 0 bridgehead atoms. The van der Waals surface area contributed by atoms with Gasteiger partial charge in [0.15, 0.2) is 0 Å². The minimum atomic E-state index is -0.986. The molecule has 2 heterocycles. The molecule has 1 aromatic carbocycles. The predicted octanol–water partition coefficient (Wildman–Crippen LogP) is 2.72. The maximum Gasteiger partial charge on any atom is 0.407 e. The van der Waals surface area contributed by atoms with Gasteiger partial charge in [0.2, 0.25) is 11.8 Å². The lowest BCUT2D eigenvalue weighted by Gasteiger charge is -2.17.